The standard InChI is InChI=1S/C19H27NO5S/c21-7-8-23-9-10-24-18-13-16(15-4-11-26-14-15)12-17(25-18)19(22)20-5-2-1-3-6-20/h4,11-12,14,16,18,21H,1-3,5-10,13H2/t16-,18+/m1/s1. The lowest BCUT2D eigenvalue weighted by Crippen LogP contribution is -2.39. The Balaban J connectivity index is 1.64. The van der Waals surface area contributed by atoms with E-state index in [4.69, 9.17) is 19.3 Å². The summed E-state index contributed by atoms with van der Waals surface area (Å²) in [7, 11) is 0. The van der Waals surface area contributed by atoms with Crippen LogP contribution in [0.15, 0.2) is 28.7 Å². The topological polar surface area (TPSA) is 68.2 Å². The van der Waals surface area contributed by atoms with Crippen molar-refractivity contribution >= 4 is 17.2 Å². The summed E-state index contributed by atoms with van der Waals surface area (Å²) in [5.74, 6) is 0.479. The van der Waals surface area contributed by atoms with Crippen LogP contribution in [-0.4, -0.2) is 61.7 Å². The van der Waals surface area contributed by atoms with E-state index in [1.165, 1.54) is 12.0 Å². The van der Waals surface area contributed by atoms with Crippen molar-refractivity contribution in [2.24, 2.45) is 0 Å². The molecule has 3 heterocycles. The highest BCUT2D eigenvalue weighted by Gasteiger charge is 2.31. The van der Waals surface area contributed by atoms with Crippen molar-refractivity contribution < 1.29 is 24.1 Å². The van der Waals surface area contributed by atoms with E-state index >= 15 is 0 Å². The van der Waals surface area contributed by atoms with Gasteiger partial charge >= 0.3 is 0 Å². The lowest BCUT2D eigenvalue weighted by Gasteiger charge is -2.32. The summed E-state index contributed by atoms with van der Waals surface area (Å²) in [6.45, 7) is 2.64. The Kier molecular flexibility index (Phi) is 7.49. The maximum atomic E-state index is 12.9. The summed E-state index contributed by atoms with van der Waals surface area (Å²) in [5.41, 5.74) is 1.19. The van der Waals surface area contributed by atoms with Crippen LogP contribution in [0.2, 0.25) is 0 Å². The van der Waals surface area contributed by atoms with Gasteiger partial charge in [-0.2, -0.15) is 11.3 Å². The summed E-state index contributed by atoms with van der Waals surface area (Å²) in [5, 5.41) is 12.9. The predicted octanol–water partition coefficient (Wildman–Crippen LogP) is 2.50. The molecule has 0 radical (unpaired) electrons. The molecule has 1 fully saturated rings. The summed E-state index contributed by atoms with van der Waals surface area (Å²) >= 11 is 1.65. The molecule has 144 valence electrons. The fourth-order valence-electron chi connectivity index (χ4n) is 3.29. The molecule has 26 heavy (non-hydrogen) atoms. The minimum Gasteiger partial charge on any atom is -0.459 e. The number of aliphatic hydroxyl groups excluding tert-OH is 1. The van der Waals surface area contributed by atoms with Gasteiger partial charge in [0.15, 0.2) is 5.76 Å². The first-order valence-electron chi connectivity index (χ1n) is 9.28. The van der Waals surface area contributed by atoms with Crippen LogP contribution >= 0.6 is 11.3 Å². The lowest BCUT2D eigenvalue weighted by atomic mass is 9.95. The van der Waals surface area contributed by atoms with Crippen molar-refractivity contribution in [1.82, 2.24) is 4.90 Å². The van der Waals surface area contributed by atoms with Gasteiger partial charge in [0.25, 0.3) is 5.91 Å². The monoisotopic (exact) mass is 381 g/mol. The summed E-state index contributed by atoms with van der Waals surface area (Å²) < 4.78 is 16.9. The quantitative estimate of drug-likeness (QED) is 0.701. The highest BCUT2D eigenvalue weighted by atomic mass is 32.1. The molecule has 7 heteroatoms. The van der Waals surface area contributed by atoms with Crippen LogP contribution in [0.5, 0.6) is 0 Å². The molecular weight excluding hydrogens is 354 g/mol. The van der Waals surface area contributed by atoms with E-state index in [1.807, 2.05) is 16.4 Å². The average Bonchev–Trinajstić information content (AvgIpc) is 3.23. The van der Waals surface area contributed by atoms with Gasteiger partial charge in [0, 0.05) is 25.4 Å². The van der Waals surface area contributed by atoms with Crippen molar-refractivity contribution in [3.8, 4) is 0 Å². The van der Waals surface area contributed by atoms with E-state index in [-0.39, 0.29) is 18.4 Å². The van der Waals surface area contributed by atoms with Gasteiger partial charge in [-0.15, -0.1) is 0 Å². The third-order valence-electron chi connectivity index (χ3n) is 4.65. The highest BCUT2D eigenvalue weighted by Crippen LogP contribution is 2.33. The van der Waals surface area contributed by atoms with Crippen LogP contribution < -0.4 is 0 Å². The number of rotatable bonds is 8. The van der Waals surface area contributed by atoms with Crippen LogP contribution in [0.4, 0.5) is 0 Å². The van der Waals surface area contributed by atoms with E-state index in [2.05, 4.69) is 11.4 Å². The van der Waals surface area contributed by atoms with Gasteiger partial charge in [-0.05, 0) is 47.7 Å². The molecule has 2 aliphatic heterocycles. The molecule has 1 amide bonds. The number of piperidine rings is 1. The first-order valence-corrected chi connectivity index (χ1v) is 10.2. The van der Waals surface area contributed by atoms with Crippen molar-refractivity contribution in [3.05, 3.63) is 34.2 Å². The van der Waals surface area contributed by atoms with Crippen molar-refractivity contribution in [2.45, 2.75) is 37.9 Å². The highest BCUT2D eigenvalue weighted by molar-refractivity contribution is 7.08. The van der Waals surface area contributed by atoms with Crippen molar-refractivity contribution in [3.63, 3.8) is 0 Å². The number of thiophene rings is 1. The van der Waals surface area contributed by atoms with Gasteiger partial charge < -0.3 is 24.2 Å². The molecule has 0 aromatic carbocycles. The molecule has 0 aliphatic carbocycles. The van der Waals surface area contributed by atoms with Crippen LogP contribution in [0.1, 0.15) is 37.2 Å². The van der Waals surface area contributed by atoms with E-state index < -0.39 is 6.29 Å². The average molecular weight is 381 g/mol. The molecule has 3 rings (SSSR count). The SMILES string of the molecule is O=C(C1=C[C@@H](c2ccsc2)C[C@@H](OCCOCCO)O1)N1CCCCC1. The molecule has 6 nitrogen and oxygen atoms in total. The third kappa shape index (κ3) is 5.30. The minimum atomic E-state index is -0.466. The van der Waals surface area contributed by atoms with Crippen molar-refractivity contribution in [1.29, 1.82) is 0 Å². The second kappa shape index (κ2) is 10.1. The fourth-order valence-corrected chi connectivity index (χ4v) is 4.01. The molecule has 2 atom stereocenters. The number of hydrogen-bond donors (Lipinski definition) is 1. The Morgan fingerprint density at radius 1 is 1.27 bits per heavy atom. The van der Waals surface area contributed by atoms with Crippen LogP contribution in [0.25, 0.3) is 0 Å². The Morgan fingerprint density at radius 2 is 2.12 bits per heavy atom. The number of allylic oxidation sites excluding steroid dienone is 1. The fraction of sp³-hybridized carbons (Fsp3) is 0.632. The van der Waals surface area contributed by atoms with Gasteiger partial charge in [-0.1, -0.05) is 0 Å². The second-order valence-corrected chi connectivity index (χ2v) is 7.32. The van der Waals surface area contributed by atoms with Crippen LogP contribution in [0, 0.1) is 0 Å². The number of aliphatic hydroxyl groups is 1. The Bertz CT molecular complexity index is 583. The summed E-state index contributed by atoms with van der Waals surface area (Å²) in [4.78, 5) is 14.7. The molecule has 0 unspecified atom stereocenters. The van der Waals surface area contributed by atoms with Gasteiger partial charge in [0.2, 0.25) is 6.29 Å². The van der Waals surface area contributed by atoms with Gasteiger partial charge in [-0.3, -0.25) is 4.79 Å². The lowest BCUT2D eigenvalue weighted by molar-refractivity contribution is -0.157. The smallest absolute Gasteiger partial charge is 0.288 e. The Hall–Kier alpha value is -1.41. The molecule has 0 saturated carbocycles. The number of hydrogen-bond acceptors (Lipinski definition) is 6. The van der Waals surface area contributed by atoms with Gasteiger partial charge in [-0.25, -0.2) is 0 Å². The first-order chi connectivity index (χ1) is 12.8. The molecule has 1 aromatic rings. The van der Waals surface area contributed by atoms with Gasteiger partial charge in [0.1, 0.15) is 0 Å². The normalized spacial score (nSPS) is 23.4. The predicted molar refractivity (Wildman–Crippen MR) is 98.9 cm³/mol. The number of carbonyl (C=O) groups is 1. The van der Waals surface area contributed by atoms with Crippen LogP contribution in [-0.2, 0) is 19.0 Å². The zero-order valence-corrected chi connectivity index (χ0v) is 15.8. The maximum absolute atomic E-state index is 12.9. The molecule has 0 spiro atoms. The number of nitrogens with zero attached hydrogens (tertiary/aromatic N) is 1. The first kappa shape index (κ1) is 19.4. The summed E-state index contributed by atoms with van der Waals surface area (Å²) in [6.07, 6.45) is 5.44. The van der Waals surface area contributed by atoms with E-state index in [0.717, 1.165) is 25.9 Å². The Morgan fingerprint density at radius 3 is 2.85 bits per heavy atom. The zero-order chi connectivity index (χ0) is 18.2. The number of ether oxygens (including phenoxy) is 3. The minimum absolute atomic E-state index is 0.00260. The number of likely N-dealkylation sites (tertiary alicyclic amines) is 1. The maximum Gasteiger partial charge on any atom is 0.288 e. The second-order valence-electron chi connectivity index (χ2n) is 6.54. The number of amides is 1. The van der Waals surface area contributed by atoms with Crippen molar-refractivity contribution in [2.75, 3.05) is 39.5 Å². The molecule has 2 aliphatic rings. The number of carbonyl (C=O) groups excluding carboxylic acids is 1. The molecule has 1 N–H and O–H groups in total. The van der Waals surface area contributed by atoms with Gasteiger partial charge in [0.05, 0.1) is 26.4 Å². The third-order valence-corrected chi connectivity index (χ3v) is 5.35. The molecule has 0 bridgehead atoms. The molecule has 1 aromatic heterocycles. The zero-order valence-electron chi connectivity index (χ0n) is 15.0. The largest absolute Gasteiger partial charge is 0.459 e. The molecular formula is C19H27NO5S. The van der Waals surface area contributed by atoms with E-state index in [1.54, 1.807) is 11.3 Å². The molecule has 1 saturated heterocycles. The summed E-state index contributed by atoms with van der Waals surface area (Å²) in [6, 6.07) is 2.08. The van der Waals surface area contributed by atoms with Crippen LogP contribution in [0.3, 0.4) is 0 Å². The van der Waals surface area contributed by atoms with E-state index in [9.17, 15) is 4.79 Å². The Labute approximate surface area is 158 Å². The van der Waals surface area contributed by atoms with E-state index in [0.29, 0.717) is 32.0 Å².